The third-order valence-electron chi connectivity index (χ3n) is 7.79. The highest BCUT2D eigenvalue weighted by molar-refractivity contribution is 5.94. The topological polar surface area (TPSA) is 0 Å². The van der Waals surface area contributed by atoms with E-state index in [1.165, 1.54) is 55.6 Å². The molecule has 0 N–H and O–H groups in total. The van der Waals surface area contributed by atoms with Crippen LogP contribution in [0.2, 0.25) is 0 Å². The Balaban J connectivity index is 1.89. The van der Waals surface area contributed by atoms with Crippen LogP contribution in [-0.2, 0) is 10.8 Å². The van der Waals surface area contributed by atoms with Gasteiger partial charge < -0.3 is 0 Å². The van der Waals surface area contributed by atoms with Gasteiger partial charge in [-0.25, -0.2) is 0 Å². The van der Waals surface area contributed by atoms with Crippen molar-refractivity contribution in [2.75, 3.05) is 0 Å². The van der Waals surface area contributed by atoms with Crippen molar-refractivity contribution in [2.24, 2.45) is 0 Å². The third-order valence-corrected chi connectivity index (χ3v) is 7.79. The summed E-state index contributed by atoms with van der Waals surface area (Å²) in [6, 6.07) is 32.0. The molecule has 156 valence electrons. The predicted octanol–water partition coefficient (Wildman–Crippen LogP) is 8.03. The van der Waals surface area contributed by atoms with Crippen LogP contribution in [0.4, 0.5) is 0 Å². The van der Waals surface area contributed by atoms with Crippen molar-refractivity contribution >= 4 is 5.57 Å². The molecule has 0 fully saturated rings. The van der Waals surface area contributed by atoms with Crippen LogP contribution in [0.5, 0.6) is 0 Å². The maximum absolute atomic E-state index is 4.34. The fourth-order valence-corrected chi connectivity index (χ4v) is 6.43. The average molecular weight is 413 g/mol. The number of fused-ring (bicyclic) bond motifs is 9. The average Bonchev–Trinajstić information content (AvgIpc) is 3.08. The maximum atomic E-state index is 4.34. The lowest BCUT2D eigenvalue weighted by atomic mass is 9.55. The second kappa shape index (κ2) is 6.33. The van der Waals surface area contributed by atoms with Crippen molar-refractivity contribution < 1.29 is 0 Å². The number of allylic oxidation sites excluding steroid dienone is 1. The Hall–Kier alpha value is -3.38. The van der Waals surface area contributed by atoms with Gasteiger partial charge in [0.25, 0.3) is 0 Å². The van der Waals surface area contributed by atoms with Gasteiger partial charge >= 0.3 is 0 Å². The molecule has 0 saturated heterocycles. The maximum Gasteiger partial charge on any atom is 0.0719 e. The quantitative estimate of drug-likeness (QED) is 0.261. The predicted molar refractivity (Wildman–Crippen MR) is 135 cm³/mol. The zero-order valence-corrected chi connectivity index (χ0v) is 19.3. The highest BCUT2D eigenvalue weighted by Gasteiger charge is 2.53. The Morgan fingerprint density at radius 1 is 0.656 bits per heavy atom. The first-order chi connectivity index (χ1) is 15.4. The fourth-order valence-electron chi connectivity index (χ4n) is 6.43. The van der Waals surface area contributed by atoms with Crippen LogP contribution in [-0.4, -0.2) is 0 Å². The lowest BCUT2D eigenvalue weighted by Gasteiger charge is -2.46. The zero-order valence-electron chi connectivity index (χ0n) is 19.3. The lowest BCUT2D eigenvalue weighted by Crippen LogP contribution is -2.40. The molecule has 0 heteroatoms. The minimum atomic E-state index is -0.313. The summed E-state index contributed by atoms with van der Waals surface area (Å²) in [5.41, 5.74) is 14.4. The van der Waals surface area contributed by atoms with E-state index in [1.807, 2.05) is 0 Å². The van der Waals surface area contributed by atoms with Gasteiger partial charge in [-0.2, -0.15) is 0 Å². The van der Waals surface area contributed by atoms with Gasteiger partial charge in [0.15, 0.2) is 0 Å². The van der Waals surface area contributed by atoms with Crippen molar-refractivity contribution in [1.82, 2.24) is 0 Å². The molecular weight excluding hydrogens is 384 g/mol. The molecule has 0 unspecified atom stereocenters. The summed E-state index contributed by atoms with van der Waals surface area (Å²) >= 11 is 0. The van der Waals surface area contributed by atoms with E-state index in [2.05, 4.69) is 119 Å². The summed E-state index contributed by atoms with van der Waals surface area (Å²) in [6.07, 6.45) is 0. The normalized spacial score (nSPS) is 16.1. The monoisotopic (exact) mass is 412 g/mol. The molecule has 2 aliphatic carbocycles. The van der Waals surface area contributed by atoms with Gasteiger partial charge in [-0.1, -0.05) is 116 Å². The molecule has 2 aliphatic rings. The van der Waals surface area contributed by atoms with E-state index in [0.29, 0.717) is 0 Å². The zero-order chi connectivity index (χ0) is 22.3. The van der Waals surface area contributed by atoms with E-state index in [0.717, 1.165) is 5.57 Å². The summed E-state index contributed by atoms with van der Waals surface area (Å²) in [5, 5.41) is 0. The summed E-state index contributed by atoms with van der Waals surface area (Å²) in [7, 11) is 0. The van der Waals surface area contributed by atoms with Crippen molar-refractivity contribution in [1.29, 1.82) is 0 Å². The highest BCUT2D eigenvalue weighted by Crippen LogP contribution is 2.62. The van der Waals surface area contributed by atoms with Crippen molar-refractivity contribution in [3.63, 3.8) is 0 Å². The molecule has 0 saturated carbocycles. The Morgan fingerprint density at radius 2 is 1.22 bits per heavy atom. The SMILES string of the molecule is C=C(C)c1cccc2c1-c1cc(C)ccc1C21c2ccccc2C(C)(C)c2ccccc21. The van der Waals surface area contributed by atoms with Crippen LogP contribution in [0.3, 0.4) is 0 Å². The third kappa shape index (κ3) is 2.18. The Morgan fingerprint density at radius 3 is 1.81 bits per heavy atom. The molecule has 0 bridgehead atoms. The van der Waals surface area contributed by atoms with Gasteiger partial charge in [0.05, 0.1) is 5.41 Å². The molecule has 0 nitrogen and oxygen atoms in total. The Labute approximate surface area is 191 Å². The lowest BCUT2D eigenvalue weighted by molar-refractivity contribution is 0.563. The molecule has 0 atom stereocenters. The van der Waals surface area contributed by atoms with Crippen LogP contribution in [0.1, 0.15) is 65.3 Å². The van der Waals surface area contributed by atoms with Crippen LogP contribution in [0.15, 0.2) is 91.5 Å². The molecule has 4 aromatic carbocycles. The molecule has 6 rings (SSSR count). The largest absolute Gasteiger partial charge is 0.0955 e. The van der Waals surface area contributed by atoms with Crippen molar-refractivity contribution in [2.45, 2.75) is 38.5 Å². The Bertz CT molecular complexity index is 1380. The second-order valence-electron chi connectivity index (χ2n) is 10.0. The molecule has 0 aromatic heterocycles. The first-order valence-electron chi connectivity index (χ1n) is 11.5. The smallest absolute Gasteiger partial charge is 0.0719 e. The number of benzene rings is 4. The van der Waals surface area contributed by atoms with Gasteiger partial charge in [-0.15, -0.1) is 0 Å². The van der Waals surface area contributed by atoms with Gasteiger partial charge in [-0.3, -0.25) is 0 Å². The van der Waals surface area contributed by atoms with Crippen LogP contribution >= 0.6 is 0 Å². The molecule has 32 heavy (non-hydrogen) atoms. The number of rotatable bonds is 1. The molecule has 0 aliphatic heterocycles. The van der Waals surface area contributed by atoms with Gasteiger partial charge in [0.1, 0.15) is 0 Å². The Kier molecular flexibility index (Phi) is 3.82. The van der Waals surface area contributed by atoms with Crippen LogP contribution in [0.25, 0.3) is 16.7 Å². The minimum Gasteiger partial charge on any atom is -0.0955 e. The minimum absolute atomic E-state index is 0.0575. The van der Waals surface area contributed by atoms with E-state index >= 15 is 0 Å². The summed E-state index contributed by atoms with van der Waals surface area (Å²) in [6.45, 7) is 13.4. The first-order valence-corrected chi connectivity index (χ1v) is 11.5. The molecule has 0 amide bonds. The van der Waals surface area contributed by atoms with E-state index in [1.54, 1.807) is 0 Å². The fraction of sp³-hybridized carbons (Fsp3) is 0.188. The van der Waals surface area contributed by atoms with Gasteiger partial charge in [0.2, 0.25) is 0 Å². The first kappa shape index (κ1) is 19.3. The molecule has 1 spiro atoms. The number of hydrogen-bond acceptors (Lipinski definition) is 0. The standard InChI is InChI=1S/C32H28/c1-20(2)22-11-10-16-29-30(22)23-19-21(3)17-18-24(23)32(29)27-14-8-6-12-25(27)31(4,5)26-13-7-9-15-28(26)32/h6-19H,1H2,2-5H3. The summed E-state index contributed by atoms with van der Waals surface area (Å²) in [4.78, 5) is 0. The van der Waals surface area contributed by atoms with Crippen molar-refractivity contribution in [3.05, 3.63) is 136 Å². The highest BCUT2D eigenvalue weighted by atomic mass is 14.5. The van der Waals surface area contributed by atoms with E-state index in [9.17, 15) is 0 Å². The van der Waals surface area contributed by atoms with Gasteiger partial charge in [-0.05, 0) is 63.9 Å². The van der Waals surface area contributed by atoms with Crippen LogP contribution in [0, 0.1) is 6.92 Å². The number of hydrogen-bond donors (Lipinski definition) is 0. The molecule has 0 heterocycles. The van der Waals surface area contributed by atoms with E-state index in [-0.39, 0.29) is 10.8 Å². The van der Waals surface area contributed by atoms with E-state index < -0.39 is 0 Å². The molecule has 0 radical (unpaired) electrons. The summed E-state index contributed by atoms with van der Waals surface area (Å²) < 4.78 is 0. The second-order valence-corrected chi connectivity index (χ2v) is 10.0. The van der Waals surface area contributed by atoms with E-state index in [4.69, 9.17) is 0 Å². The van der Waals surface area contributed by atoms with Crippen molar-refractivity contribution in [3.8, 4) is 11.1 Å². The molecule has 4 aromatic rings. The van der Waals surface area contributed by atoms with Gasteiger partial charge in [0, 0.05) is 5.41 Å². The van der Waals surface area contributed by atoms with Crippen LogP contribution < -0.4 is 0 Å². The molecular formula is C32H28. The number of aryl methyl sites for hydroxylation is 1. The summed E-state index contributed by atoms with van der Waals surface area (Å²) in [5.74, 6) is 0.